The Morgan fingerprint density at radius 1 is 1.08 bits per heavy atom. The molecule has 0 heterocycles. The summed E-state index contributed by atoms with van der Waals surface area (Å²) in [6, 6.07) is 0. The Bertz CT molecular complexity index is 1130. The van der Waals surface area contributed by atoms with Crippen LogP contribution in [0.5, 0.6) is 0 Å². The quantitative estimate of drug-likeness (QED) is 0.446. The molecule has 2 saturated carbocycles. The lowest BCUT2D eigenvalue weighted by Crippen LogP contribution is -2.60. The fourth-order valence-electron chi connectivity index (χ4n) is 8.67. The lowest BCUT2D eigenvalue weighted by atomic mass is 9.36. The maximum absolute atomic E-state index is 13.2. The van der Waals surface area contributed by atoms with Crippen molar-refractivity contribution in [2.75, 3.05) is 14.1 Å². The second kappa shape index (κ2) is 8.20. The zero-order chi connectivity index (χ0) is 27.1. The molecule has 0 saturated heterocycles. The van der Waals surface area contributed by atoms with Gasteiger partial charge in [-0.25, -0.2) is 0 Å². The standard InChI is InChI=1S/C32H47NO3/c1-11-29(5)14-16-31(7)24-13-12-21-20(2)26(35)23(34)18-22(21)30(24,6)15-17-32(31,8)25(29)19-28(3,4)27(36)33(9)10/h12-13,18,25,35H,11,14-17,19H2,1-10H3/t25-,29-,30+,31-,32+/m1/s1. The first-order valence-electron chi connectivity index (χ1n) is 13.8. The van der Waals surface area contributed by atoms with Crippen molar-refractivity contribution < 1.29 is 14.7 Å². The molecule has 1 N–H and O–H groups in total. The summed E-state index contributed by atoms with van der Waals surface area (Å²) in [6.07, 6.45) is 12.4. The first-order valence-corrected chi connectivity index (χ1v) is 13.8. The first kappa shape index (κ1) is 26.9. The summed E-state index contributed by atoms with van der Waals surface area (Å²) in [5.74, 6) is 0.206. The zero-order valence-electron chi connectivity index (χ0n) is 24.3. The average Bonchev–Trinajstić information content (AvgIpc) is 2.81. The summed E-state index contributed by atoms with van der Waals surface area (Å²) in [4.78, 5) is 27.7. The predicted molar refractivity (Wildman–Crippen MR) is 146 cm³/mol. The summed E-state index contributed by atoms with van der Waals surface area (Å²) in [6.45, 7) is 18.2. The topological polar surface area (TPSA) is 57.6 Å². The molecule has 0 aliphatic heterocycles. The molecule has 0 unspecified atom stereocenters. The van der Waals surface area contributed by atoms with Crippen LogP contribution in [0.1, 0.15) is 93.9 Å². The Balaban J connectivity index is 1.86. The van der Waals surface area contributed by atoms with Crippen LogP contribution in [0.25, 0.3) is 0 Å². The average molecular weight is 494 g/mol. The van der Waals surface area contributed by atoms with Crippen LogP contribution in [-0.2, 0) is 9.59 Å². The highest BCUT2D eigenvalue weighted by atomic mass is 16.3. The van der Waals surface area contributed by atoms with E-state index in [2.05, 4.69) is 60.6 Å². The van der Waals surface area contributed by atoms with E-state index < -0.39 is 5.41 Å². The zero-order valence-corrected chi connectivity index (χ0v) is 24.3. The molecule has 0 bridgehead atoms. The molecule has 1 amide bonds. The molecule has 4 heteroatoms. The monoisotopic (exact) mass is 493 g/mol. The minimum Gasteiger partial charge on any atom is -0.504 e. The van der Waals surface area contributed by atoms with E-state index in [4.69, 9.17) is 0 Å². The molecule has 4 aliphatic carbocycles. The largest absolute Gasteiger partial charge is 0.504 e. The van der Waals surface area contributed by atoms with E-state index in [-0.39, 0.29) is 39.1 Å². The van der Waals surface area contributed by atoms with Crippen molar-refractivity contribution in [3.63, 3.8) is 0 Å². The van der Waals surface area contributed by atoms with Crippen molar-refractivity contribution in [1.82, 2.24) is 4.90 Å². The molecule has 4 rings (SSSR count). The van der Waals surface area contributed by atoms with Gasteiger partial charge >= 0.3 is 0 Å². The Morgan fingerprint density at radius 3 is 2.31 bits per heavy atom. The van der Waals surface area contributed by atoms with E-state index in [9.17, 15) is 14.7 Å². The highest BCUT2D eigenvalue weighted by molar-refractivity contribution is 6.06. The first-order chi connectivity index (χ1) is 16.5. The second-order valence-corrected chi connectivity index (χ2v) is 14.0. The molecule has 5 atom stereocenters. The summed E-state index contributed by atoms with van der Waals surface area (Å²) in [5, 5.41) is 10.3. The molecule has 0 radical (unpaired) electrons. The van der Waals surface area contributed by atoms with E-state index in [1.807, 2.05) is 21.0 Å². The smallest absolute Gasteiger partial charge is 0.227 e. The van der Waals surface area contributed by atoms with Crippen LogP contribution in [0.2, 0.25) is 0 Å². The molecule has 0 spiro atoms. The van der Waals surface area contributed by atoms with E-state index in [1.165, 1.54) is 5.57 Å². The number of hydrogen-bond acceptors (Lipinski definition) is 3. The van der Waals surface area contributed by atoms with Crippen LogP contribution >= 0.6 is 0 Å². The minimum atomic E-state index is -0.432. The van der Waals surface area contributed by atoms with Crippen LogP contribution in [0.4, 0.5) is 0 Å². The van der Waals surface area contributed by atoms with Crippen molar-refractivity contribution in [2.45, 2.75) is 93.9 Å². The van der Waals surface area contributed by atoms with Gasteiger partial charge in [0, 0.05) is 30.5 Å². The second-order valence-electron chi connectivity index (χ2n) is 14.0. The van der Waals surface area contributed by atoms with Crippen molar-refractivity contribution in [3.8, 4) is 0 Å². The molecule has 198 valence electrons. The van der Waals surface area contributed by atoms with Gasteiger partial charge in [0.25, 0.3) is 0 Å². The highest BCUT2D eigenvalue weighted by Gasteiger charge is 2.65. The number of aliphatic hydroxyl groups is 1. The summed E-state index contributed by atoms with van der Waals surface area (Å²) >= 11 is 0. The molecule has 4 nitrogen and oxygen atoms in total. The maximum atomic E-state index is 13.2. The number of aliphatic hydroxyl groups excluding tert-OH is 1. The minimum absolute atomic E-state index is 0.0306. The van der Waals surface area contributed by atoms with Crippen molar-refractivity contribution in [3.05, 3.63) is 46.3 Å². The lowest BCUT2D eigenvalue weighted by Gasteiger charge is -2.68. The Morgan fingerprint density at radius 2 is 1.72 bits per heavy atom. The molecule has 36 heavy (non-hydrogen) atoms. The number of rotatable bonds is 4. The Kier molecular flexibility index (Phi) is 6.14. The van der Waals surface area contributed by atoms with Gasteiger partial charge in [0.05, 0.1) is 0 Å². The lowest BCUT2D eigenvalue weighted by molar-refractivity contribution is -0.154. The van der Waals surface area contributed by atoms with Gasteiger partial charge in [0.2, 0.25) is 11.7 Å². The number of hydrogen-bond donors (Lipinski definition) is 1. The molecule has 2 fully saturated rings. The van der Waals surface area contributed by atoms with Crippen LogP contribution in [0.15, 0.2) is 46.3 Å². The van der Waals surface area contributed by atoms with Crippen LogP contribution in [-0.4, -0.2) is 35.8 Å². The predicted octanol–water partition coefficient (Wildman–Crippen LogP) is 7.34. The molecular formula is C32H47NO3. The van der Waals surface area contributed by atoms with Gasteiger partial charge in [-0.15, -0.1) is 0 Å². The Labute approximate surface area is 218 Å². The van der Waals surface area contributed by atoms with Gasteiger partial charge in [-0.3, -0.25) is 9.59 Å². The summed E-state index contributed by atoms with van der Waals surface area (Å²) < 4.78 is 0. The van der Waals surface area contributed by atoms with Crippen molar-refractivity contribution in [2.24, 2.45) is 33.0 Å². The third-order valence-electron chi connectivity index (χ3n) is 11.5. The number of fused-ring (bicyclic) bond motifs is 5. The number of carbonyl (C=O) groups excluding carboxylic acids is 2. The number of allylic oxidation sites excluding steroid dienone is 7. The van der Waals surface area contributed by atoms with Crippen molar-refractivity contribution >= 4 is 11.7 Å². The van der Waals surface area contributed by atoms with Crippen LogP contribution in [0, 0.1) is 33.0 Å². The molecule has 0 aromatic heterocycles. The van der Waals surface area contributed by atoms with E-state index in [1.54, 1.807) is 11.0 Å². The van der Waals surface area contributed by atoms with Gasteiger partial charge in [0.15, 0.2) is 5.76 Å². The van der Waals surface area contributed by atoms with Gasteiger partial charge in [0.1, 0.15) is 0 Å². The number of ketones is 1. The van der Waals surface area contributed by atoms with E-state index in [0.717, 1.165) is 49.7 Å². The number of carbonyl (C=O) groups is 2. The van der Waals surface area contributed by atoms with Gasteiger partial charge in [-0.2, -0.15) is 0 Å². The third kappa shape index (κ3) is 3.45. The summed E-state index contributed by atoms with van der Waals surface area (Å²) in [5.41, 5.74) is 3.71. The molecule has 0 aromatic carbocycles. The third-order valence-corrected chi connectivity index (χ3v) is 11.5. The van der Waals surface area contributed by atoms with Gasteiger partial charge in [-0.05, 0) is 78.4 Å². The van der Waals surface area contributed by atoms with E-state index in [0.29, 0.717) is 11.5 Å². The van der Waals surface area contributed by atoms with Crippen molar-refractivity contribution in [1.29, 1.82) is 0 Å². The van der Waals surface area contributed by atoms with E-state index >= 15 is 0 Å². The number of nitrogens with zero attached hydrogens (tertiary/aromatic N) is 1. The highest BCUT2D eigenvalue weighted by Crippen LogP contribution is 2.74. The maximum Gasteiger partial charge on any atom is 0.227 e. The summed E-state index contributed by atoms with van der Waals surface area (Å²) in [7, 11) is 3.73. The fraction of sp³-hybridized carbons (Fsp3) is 0.688. The molecular weight excluding hydrogens is 446 g/mol. The van der Waals surface area contributed by atoms with Gasteiger partial charge < -0.3 is 10.0 Å². The Hall–Kier alpha value is -2.10. The SMILES string of the molecule is CC[C@]1(C)CC[C@]2(C)C3=CC=C4C(=CC(=O)C(O)=C4C)[C@]3(C)CC[C@@]2(C)[C@@H]1CC(C)(C)C(=O)N(C)C. The number of amides is 1. The van der Waals surface area contributed by atoms with Crippen LogP contribution < -0.4 is 0 Å². The fourth-order valence-corrected chi connectivity index (χ4v) is 8.67. The normalized spacial score (nSPS) is 38.3. The van der Waals surface area contributed by atoms with Gasteiger partial charge in [-0.1, -0.05) is 72.6 Å². The van der Waals surface area contributed by atoms with Crippen LogP contribution in [0.3, 0.4) is 0 Å². The molecule has 4 aliphatic rings. The molecule has 0 aromatic rings.